The lowest BCUT2D eigenvalue weighted by molar-refractivity contribution is 0.0897. The molecule has 2 heterocycles. The average Bonchev–Trinajstić information content (AvgIpc) is 2.70. The van der Waals surface area contributed by atoms with Crippen LogP contribution in [-0.4, -0.2) is 32.4 Å². The molecular formula is C21H20FNO5. The zero-order chi connectivity index (χ0) is 19.3. The molecule has 1 atom stereocenters. The number of ether oxygens (including phenoxy) is 3. The average molecular weight is 385 g/mol. The lowest BCUT2D eigenvalue weighted by atomic mass is 10.2. The fourth-order valence-electron chi connectivity index (χ4n) is 2.97. The van der Waals surface area contributed by atoms with Gasteiger partial charge in [-0.3, -0.25) is 0 Å². The van der Waals surface area contributed by atoms with Gasteiger partial charge in [0, 0.05) is 30.1 Å². The van der Waals surface area contributed by atoms with Crippen LogP contribution in [0.5, 0.6) is 17.2 Å². The van der Waals surface area contributed by atoms with Crippen LogP contribution in [0.3, 0.4) is 0 Å². The van der Waals surface area contributed by atoms with E-state index in [4.69, 9.17) is 18.6 Å². The first-order valence-electron chi connectivity index (χ1n) is 9.14. The molecule has 0 aliphatic carbocycles. The molecule has 1 N–H and O–H groups in total. The van der Waals surface area contributed by atoms with Crippen LogP contribution in [0.4, 0.5) is 4.39 Å². The Balaban J connectivity index is 1.18. The molecule has 0 fully saturated rings. The summed E-state index contributed by atoms with van der Waals surface area (Å²) in [6.07, 6.45) is 0.619. The van der Waals surface area contributed by atoms with Crippen LogP contribution >= 0.6 is 0 Å². The summed E-state index contributed by atoms with van der Waals surface area (Å²) in [6, 6.07) is 12.8. The molecule has 0 amide bonds. The zero-order valence-corrected chi connectivity index (χ0v) is 15.2. The van der Waals surface area contributed by atoms with E-state index in [2.05, 4.69) is 5.32 Å². The Morgan fingerprint density at radius 1 is 1.11 bits per heavy atom. The van der Waals surface area contributed by atoms with Crippen molar-refractivity contribution in [1.82, 2.24) is 5.32 Å². The van der Waals surface area contributed by atoms with E-state index < -0.39 is 0 Å². The molecule has 0 radical (unpaired) electrons. The zero-order valence-electron chi connectivity index (χ0n) is 15.2. The van der Waals surface area contributed by atoms with Crippen LogP contribution in [-0.2, 0) is 0 Å². The monoisotopic (exact) mass is 385 g/mol. The van der Waals surface area contributed by atoms with Crippen LogP contribution < -0.4 is 25.2 Å². The molecule has 1 unspecified atom stereocenters. The highest BCUT2D eigenvalue weighted by Gasteiger charge is 2.20. The van der Waals surface area contributed by atoms with Crippen LogP contribution in [0.15, 0.2) is 57.7 Å². The molecule has 0 saturated heterocycles. The maximum absolute atomic E-state index is 13.3. The minimum absolute atomic E-state index is 0.168. The van der Waals surface area contributed by atoms with E-state index in [0.717, 1.165) is 18.4 Å². The molecule has 2 aromatic carbocycles. The van der Waals surface area contributed by atoms with E-state index in [1.165, 1.54) is 18.2 Å². The fourth-order valence-corrected chi connectivity index (χ4v) is 2.97. The van der Waals surface area contributed by atoms with Crippen molar-refractivity contribution in [2.45, 2.75) is 12.5 Å². The highest BCUT2D eigenvalue weighted by atomic mass is 19.1. The molecule has 1 aliphatic rings. The fraction of sp³-hybridized carbons (Fsp3) is 0.286. The van der Waals surface area contributed by atoms with Gasteiger partial charge in [0.05, 0.1) is 6.61 Å². The summed E-state index contributed by atoms with van der Waals surface area (Å²) in [5.74, 6) is 1.31. The maximum Gasteiger partial charge on any atom is 0.336 e. The molecule has 6 nitrogen and oxygen atoms in total. The lowest BCUT2D eigenvalue weighted by Gasteiger charge is -2.26. The summed E-state index contributed by atoms with van der Waals surface area (Å²) < 4.78 is 35.5. The quantitative estimate of drug-likeness (QED) is 0.498. The van der Waals surface area contributed by atoms with E-state index in [1.54, 1.807) is 18.2 Å². The van der Waals surface area contributed by atoms with E-state index in [0.29, 0.717) is 42.6 Å². The Morgan fingerprint density at radius 2 is 2.00 bits per heavy atom. The number of benzene rings is 2. The molecule has 0 bridgehead atoms. The number of fused-ring (bicyclic) bond motifs is 2. The summed E-state index contributed by atoms with van der Waals surface area (Å²) in [5, 5.41) is 4.14. The third kappa shape index (κ3) is 4.43. The van der Waals surface area contributed by atoms with Crippen LogP contribution in [0.25, 0.3) is 11.0 Å². The second-order valence-corrected chi connectivity index (χ2v) is 6.50. The SMILES string of the molecule is O=c1ccc2ccc(OCCCNCC3COc4ccc(F)cc4O3)cc2o1. The largest absolute Gasteiger partial charge is 0.493 e. The van der Waals surface area contributed by atoms with E-state index in [9.17, 15) is 9.18 Å². The van der Waals surface area contributed by atoms with Crippen molar-refractivity contribution in [2.24, 2.45) is 0 Å². The topological polar surface area (TPSA) is 69.9 Å². The van der Waals surface area contributed by atoms with E-state index in [1.807, 2.05) is 12.1 Å². The minimum Gasteiger partial charge on any atom is -0.493 e. The number of hydrogen-bond acceptors (Lipinski definition) is 6. The summed E-state index contributed by atoms with van der Waals surface area (Å²) >= 11 is 0. The van der Waals surface area contributed by atoms with E-state index in [-0.39, 0.29) is 17.5 Å². The normalized spacial score (nSPS) is 15.5. The molecule has 3 aromatic rings. The third-order valence-corrected chi connectivity index (χ3v) is 4.36. The molecule has 1 aliphatic heterocycles. The van der Waals surface area contributed by atoms with Crippen molar-refractivity contribution in [3.63, 3.8) is 0 Å². The summed E-state index contributed by atoms with van der Waals surface area (Å²) in [4.78, 5) is 11.3. The van der Waals surface area contributed by atoms with Gasteiger partial charge in [-0.1, -0.05) is 0 Å². The van der Waals surface area contributed by atoms with Crippen LogP contribution in [0.2, 0.25) is 0 Å². The van der Waals surface area contributed by atoms with Gasteiger partial charge in [0.2, 0.25) is 0 Å². The van der Waals surface area contributed by atoms with Gasteiger partial charge in [-0.15, -0.1) is 0 Å². The first-order valence-corrected chi connectivity index (χ1v) is 9.14. The standard InChI is InChI=1S/C21H20FNO5/c22-15-4-6-18-20(10-15)27-17(13-26-18)12-23-8-1-9-25-16-5-2-14-3-7-21(24)28-19(14)11-16/h2-7,10-11,17,23H,1,8-9,12-13H2. The van der Waals surface area contributed by atoms with Crippen molar-refractivity contribution in [1.29, 1.82) is 0 Å². The molecule has 28 heavy (non-hydrogen) atoms. The van der Waals surface area contributed by atoms with Gasteiger partial charge in [0.1, 0.15) is 29.9 Å². The van der Waals surface area contributed by atoms with Gasteiger partial charge in [-0.05, 0) is 43.3 Å². The van der Waals surface area contributed by atoms with E-state index >= 15 is 0 Å². The Bertz CT molecular complexity index is 1020. The number of halogens is 1. The van der Waals surface area contributed by atoms with Gasteiger partial charge in [-0.2, -0.15) is 0 Å². The van der Waals surface area contributed by atoms with Crippen molar-refractivity contribution >= 4 is 11.0 Å². The highest BCUT2D eigenvalue weighted by Crippen LogP contribution is 2.31. The Hall–Kier alpha value is -3.06. The summed E-state index contributed by atoms with van der Waals surface area (Å²) in [6.45, 7) is 2.27. The van der Waals surface area contributed by atoms with Gasteiger partial charge in [0.25, 0.3) is 0 Å². The molecular weight excluding hydrogens is 365 g/mol. The molecule has 7 heteroatoms. The number of nitrogens with one attached hydrogen (secondary N) is 1. The molecule has 146 valence electrons. The first kappa shape index (κ1) is 18.3. The Labute approximate surface area is 160 Å². The van der Waals surface area contributed by atoms with Gasteiger partial charge in [-0.25, -0.2) is 9.18 Å². The second kappa shape index (κ2) is 8.31. The predicted molar refractivity (Wildman–Crippen MR) is 102 cm³/mol. The first-order chi connectivity index (χ1) is 13.7. The molecule has 0 spiro atoms. The van der Waals surface area contributed by atoms with Crippen molar-refractivity contribution in [2.75, 3.05) is 26.3 Å². The van der Waals surface area contributed by atoms with Crippen LogP contribution in [0.1, 0.15) is 6.42 Å². The molecule has 0 saturated carbocycles. The Kier molecular flexibility index (Phi) is 5.43. The lowest BCUT2D eigenvalue weighted by Crippen LogP contribution is -2.39. The predicted octanol–water partition coefficient (Wildman–Crippen LogP) is 3.13. The summed E-state index contributed by atoms with van der Waals surface area (Å²) in [7, 11) is 0. The van der Waals surface area contributed by atoms with Gasteiger partial charge >= 0.3 is 5.63 Å². The molecule has 4 rings (SSSR count). The Morgan fingerprint density at radius 3 is 2.93 bits per heavy atom. The highest BCUT2D eigenvalue weighted by molar-refractivity contribution is 5.77. The summed E-state index contributed by atoms with van der Waals surface area (Å²) in [5.41, 5.74) is 0.127. The smallest absolute Gasteiger partial charge is 0.336 e. The minimum atomic E-state index is -0.381. The number of rotatable bonds is 7. The van der Waals surface area contributed by atoms with Crippen molar-refractivity contribution in [3.8, 4) is 17.2 Å². The van der Waals surface area contributed by atoms with Gasteiger partial charge in [0.15, 0.2) is 11.5 Å². The molecule has 1 aromatic heterocycles. The third-order valence-electron chi connectivity index (χ3n) is 4.36. The van der Waals surface area contributed by atoms with Crippen LogP contribution in [0, 0.1) is 5.82 Å². The number of hydrogen-bond donors (Lipinski definition) is 1. The van der Waals surface area contributed by atoms with Gasteiger partial charge < -0.3 is 23.9 Å². The second-order valence-electron chi connectivity index (χ2n) is 6.50. The maximum atomic E-state index is 13.3. The van der Waals surface area contributed by atoms with Crippen molar-refractivity contribution < 1.29 is 23.0 Å². The van der Waals surface area contributed by atoms with Crippen molar-refractivity contribution in [3.05, 3.63) is 64.8 Å².